The summed E-state index contributed by atoms with van der Waals surface area (Å²) < 4.78 is 0. The third kappa shape index (κ3) is 3.13. The zero-order valence-electron chi connectivity index (χ0n) is 9.10. The molecule has 1 rings (SSSR count). The van der Waals surface area contributed by atoms with E-state index in [1.165, 1.54) is 18.2 Å². The summed E-state index contributed by atoms with van der Waals surface area (Å²) >= 11 is 0. The second kappa shape index (κ2) is 5.37. The molecule has 0 spiro atoms. The molecule has 0 bridgehead atoms. The minimum absolute atomic E-state index is 0.203. The van der Waals surface area contributed by atoms with Crippen LogP contribution in [-0.2, 0) is 0 Å². The number of nitrogens with one attached hydrogen (secondary N) is 1. The molecule has 88 valence electrons. The number of aromatic hydroxyl groups is 2. The molecular formula is C11H16N2O3. The number of carbonyl (C=O) groups excluding carboxylic acids is 1. The molecule has 0 aliphatic heterocycles. The Hall–Kier alpha value is -1.75. The van der Waals surface area contributed by atoms with Gasteiger partial charge in [-0.2, -0.15) is 0 Å². The highest BCUT2D eigenvalue weighted by Gasteiger charge is 2.09. The molecule has 0 saturated carbocycles. The number of phenols is 2. The smallest absolute Gasteiger partial charge is 0.251 e. The average molecular weight is 224 g/mol. The van der Waals surface area contributed by atoms with E-state index in [1.54, 1.807) is 0 Å². The van der Waals surface area contributed by atoms with Crippen molar-refractivity contribution in [3.63, 3.8) is 0 Å². The minimum atomic E-state index is -0.306. The van der Waals surface area contributed by atoms with Gasteiger partial charge in [0.15, 0.2) is 11.5 Å². The summed E-state index contributed by atoms with van der Waals surface area (Å²) in [5, 5.41) is 21.0. The monoisotopic (exact) mass is 224 g/mol. The zero-order valence-corrected chi connectivity index (χ0v) is 9.10. The predicted octanol–water partition coefficient (Wildman–Crippen LogP) is 0.422. The highest BCUT2D eigenvalue weighted by Crippen LogP contribution is 2.24. The lowest BCUT2D eigenvalue weighted by molar-refractivity contribution is 0.0948. The van der Waals surface area contributed by atoms with Crippen LogP contribution in [0, 0.1) is 5.92 Å². The molecule has 0 heterocycles. The SMILES string of the molecule is CC(CN)CNC(=O)c1ccc(O)c(O)c1. The number of phenolic OH excluding ortho intramolecular Hbond substituents is 2. The van der Waals surface area contributed by atoms with Crippen LogP contribution in [0.4, 0.5) is 0 Å². The van der Waals surface area contributed by atoms with E-state index < -0.39 is 0 Å². The van der Waals surface area contributed by atoms with E-state index in [2.05, 4.69) is 5.32 Å². The fourth-order valence-electron chi connectivity index (χ4n) is 1.12. The third-order valence-corrected chi connectivity index (χ3v) is 2.25. The Kier molecular flexibility index (Phi) is 4.13. The number of rotatable bonds is 4. The maximum absolute atomic E-state index is 11.6. The fraction of sp³-hybridized carbons (Fsp3) is 0.364. The van der Waals surface area contributed by atoms with Crippen LogP contribution in [0.1, 0.15) is 17.3 Å². The molecule has 5 N–H and O–H groups in total. The number of amides is 1. The van der Waals surface area contributed by atoms with Gasteiger partial charge in [0.05, 0.1) is 0 Å². The van der Waals surface area contributed by atoms with Crippen molar-refractivity contribution in [3.05, 3.63) is 23.8 Å². The summed E-state index contributed by atoms with van der Waals surface area (Å²) in [6.45, 7) is 2.91. The molecule has 0 aromatic heterocycles. The number of nitrogens with two attached hydrogens (primary N) is 1. The lowest BCUT2D eigenvalue weighted by atomic mass is 10.1. The van der Waals surface area contributed by atoms with Gasteiger partial charge in [0, 0.05) is 12.1 Å². The first-order valence-electron chi connectivity index (χ1n) is 5.05. The van der Waals surface area contributed by atoms with Gasteiger partial charge in [-0.3, -0.25) is 4.79 Å². The van der Waals surface area contributed by atoms with Gasteiger partial charge in [0.1, 0.15) is 0 Å². The van der Waals surface area contributed by atoms with Gasteiger partial charge in [0.25, 0.3) is 5.91 Å². The first-order valence-corrected chi connectivity index (χ1v) is 5.05. The van der Waals surface area contributed by atoms with E-state index in [-0.39, 0.29) is 23.3 Å². The van der Waals surface area contributed by atoms with Gasteiger partial charge in [-0.15, -0.1) is 0 Å². The summed E-state index contributed by atoms with van der Waals surface area (Å²) in [6, 6.07) is 3.94. The predicted molar refractivity (Wildman–Crippen MR) is 60.3 cm³/mol. The normalized spacial score (nSPS) is 12.1. The second-order valence-corrected chi connectivity index (χ2v) is 3.75. The van der Waals surface area contributed by atoms with Crippen LogP contribution in [0.3, 0.4) is 0 Å². The number of hydrogen-bond acceptors (Lipinski definition) is 4. The topological polar surface area (TPSA) is 95.6 Å². The van der Waals surface area contributed by atoms with E-state index in [0.717, 1.165) is 0 Å². The number of hydrogen-bond donors (Lipinski definition) is 4. The van der Waals surface area contributed by atoms with Crippen molar-refractivity contribution >= 4 is 5.91 Å². The first kappa shape index (κ1) is 12.3. The van der Waals surface area contributed by atoms with E-state index in [1.807, 2.05) is 6.92 Å². The molecule has 1 aromatic rings. The zero-order chi connectivity index (χ0) is 12.1. The molecule has 0 aliphatic rings. The Morgan fingerprint density at radius 3 is 2.69 bits per heavy atom. The van der Waals surface area contributed by atoms with Gasteiger partial charge >= 0.3 is 0 Å². The molecule has 1 aromatic carbocycles. The van der Waals surface area contributed by atoms with E-state index in [9.17, 15) is 9.90 Å². The lowest BCUT2D eigenvalue weighted by Crippen LogP contribution is -2.31. The quantitative estimate of drug-likeness (QED) is 0.557. The van der Waals surface area contributed by atoms with Crippen molar-refractivity contribution in [2.75, 3.05) is 13.1 Å². The standard InChI is InChI=1S/C11H16N2O3/c1-7(5-12)6-13-11(16)8-2-3-9(14)10(15)4-8/h2-4,7,14-15H,5-6,12H2,1H3,(H,13,16). The second-order valence-electron chi connectivity index (χ2n) is 3.75. The van der Waals surface area contributed by atoms with E-state index in [4.69, 9.17) is 10.8 Å². The van der Waals surface area contributed by atoms with Crippen LogP contribution in [0.2, 0.25) is 0 Å². The first-order chi connectivity index (χ1) is 7.54. The third-order valence-electron chi connectivity index (χ3n) is 2.25. The maximum Gasteiger partial charge on any atom is 0.251 e. The van der Waals surface area contributed by atoms with Gasteiger partial charge in [-0.05, 0) is 30.7 Å². The summed E-state index contributed by atoms with van der Waals surface area (Å²) in [7, 11) is 0. The maximum atomic E-state index is 11.6. The summed E-state index contributed by atoms with van der Waals surface area (Å²) in [5.74, 6) is -0.642. The van der Waals surface area contributed by atoms with E-state index >= 15 is 0 Å². The van der Waals surface area contributed by atoms with Gasteiger partial charge in [0.2, 0.25) is 0 Å². The fourth-order valence-corrected chi connectivity index (χ4v) is 1.12. The van der Waals surface area contributed by atoms with Crippen LogP contribution in [-0.4, -0.2) is 29.2 Å². The Balaban J connectivity index is 2.63. The Labute approximate surface area is 93.9 Å². The molecule has 5 nitrogen and oxygen atoms in total. The molecule has 16 heavy (non-hydrogen) atoms. The van der Waals surface area contributed by atoms with Crippen LogP contribution in [0.25, 0.3) is 0 Å². The average Bonchev–Trinajstić information content (AvgIpc) is 2.29. The Morgan fingerprint density at radius 2 is 2.12 bits per heavy atom. The van der Waals surface area contributed by atoms with Crippen LogP contribution in [0.15, 0.2) is 18.2 Å². The Morgan fingerprint density at radius 1 is 1.44 bits per heavy atom. The summed E-state index contributed by atoms with van der Waals surface area (Å²) in [5.41, 5.74) is 5.72. The van der Waals surface area contributed by atoms with Gasteiger partial charge in [-0.25, -0.2) is 0 Å². The summed E-state index contributed by atoms with van der Waals surface area (Å²) in [6.07, 6.45) is 0. The van der Waals surface area contributed by atoms with Crippen molar-refractivity contribution in [1.29, 1.82) is 0 Å². The number of carbonyl (C=O) groups is 1. The molecule has 1 amide bonds. The highest BCUT2D eigenvalue weighted by atomic mass is 16.3. The summed E-state index contributed by atoms with van der Waals surface area (Å²) in [4.78, 5) is 11.6. The highest BCUT2D eigenvalue weighted by molar-refractivity contribution is 5.94. The molecule has 0 fully saturated rings. The van der Waals surface area contributed by atoms with Crippen LogP contribution < -0.4 is 11.1 Å². The van der Waals surface area contributed by atoms with Crippen molar-refractivity contribution in [2.45, 2.75) is 6.92 Å². The molecule has 1 atom stereocenters. The molecule has 0 radical (unpaired) electrons. The molecule has 5 heteroatoms. The number of benzene rings is 1. The minimum Gasteiger partial charge on any atom is -0.504 e. The van der Waals surface area contributed by atoms with Crippen molar-refractivity contribution in [3.8, 4) is 11.5 Å². The lowest BCUT2D eigenvalue weighted by Gasteiger charge is -2.10. The van der Waals surface area contributed by atoms with Crippen molar-refractivity contribution in [2.24, 2.45) is 11.7 Å². The largest absolute Gasteiger partial charge is 0.504 e. The molecule has 0 aliphatic carbocycles. The molecule has 0 saturated heterocycles. The molecular weight excluding hydrogens is 208 g/mol. The Bertz CT molecular complexity index is 379. The van der Waals surface area contributed by atoms with Gasteiger partial charge < -0.3 is 21.3 Å². The van der Waals surface area contributed by atoms with Crippen molar-refractivity contribution in [1.82, 2.24) is 5.32 Å². The van der Waals surface area contributed by atoms with Crippen LogP contribution in [0.5, 0.6) is 11.5 Å². The molecule has 1 unspecified atom stereocenters. The van der Waals surface area contributed by atoms with Crippen molar-refractivity contribution < 1.29 is 15.0 Å². The van der Waals surface area contributed by atoms with E-state index in [0.29, 0.717) is 18.7 Å². The van der Waals surface area contributed by atoms with Crippen LogP contribution >= 0.6 is 0 Å². The van der Waals surface area contributed by atoms with Gasteiger partial charge in [-0.1, -0.05) is 6.92 Å².